The van der Waals surface area contributed by atoms with E-state index in [0.717, 1.165) is 23.1 Å². The second-order valence-corrected chi connectivity index (χ2v) is 8.53. The molecule has 3 saturated carbocycles. The summed E-state index contributed by atoms with van der Waals surface area (Å²) in [5, 5.41) is 12.5. The summed E-state index contributed by atoms with van der Waals surface area (Å²) in [4.78, 5) is 13.5. The molecule has 30 heavy (non-hydrogen) atoms. The summed E-state index contributed by atoms with van der Waals surface area (Å²) >= 11 is 0. The smallest absolute Gasteiger partial charge is 0.173 e. The van der Waals surface area contributed by atoms with Crippen LogP contribution in [0.4, 0.5) is 0 Å². The van der Waals surface area contributed by atoms with Crippen LogP contribution in [0.15, 0.2) is 36.4 Å². The van der Waals surface area contributed by atoms with E-state index in [1.807, 2.05) is 64.1 Å². The quantitative estimate of drug-likeness (QED) is 0.504. The van der Waals surface area contributed by atoms with Crippen LogP contribution in [-0.4, -0.2) is 10.9 Å². The summed E-state index contributed by atoms with van der Waals surface area (Å²) in [7, 11) is 0. The summed E-state index contributed by atoms with van der Waals surface area (Å²) in [5.74, 6) is 2.30. The van der Waals surface area contributed by atoms with E-state index in [2.05, 4.69) is 13.8 Å². The van der Waals surface area contributed by atoms with Crippen molar-refractivity contribution < 1.29 is 9.90 Å². The molecule has 0 aliphatic heterocycles. The zero-order valence-corrected chi connectivity index (χ0v) is 20.0. The van der Waals surface area contributed by atoms with Crippen LogP contribution in [0.5, 0.6) is 5.75 Å². The van der Waals surface area contributed by atoms with Gasteiger partial charge in [0.1, 0.15) is 5.75 Å². The molecule has 0 spiro atoms. The number of hydrogen-bond donors (Lipinski definition) is 1. The molecule has 2 aromatic rings. The Morgan fingerprint density at radius 2 is 1.67 bits per heavy atom. The Hall–Kier alpha value is -1.83. The second-order valence-electron chi connectivity index (χ2n) is 8.53. The van der Waals surface area contributed by atoms with Gasteiger partial charge in [0.2, 0.25) is 0 Å². The summed E-state index contributed by atoms with van der Waals surface area (Å²) < 4.78 is 0. The largest absolute Gasteiger partial charge is 0.507 e. The standard InChI is InChI=1S/C21H22O2.C3H8.2C2H6/c22-19-16-5-2-1-4-13(16)8-10-17(19)20(23)21-11-3-6-18(21)14-7-9-15(21)12-14;1-3-2;2*1-2/h1-2,4-5,8,10,14-15,18,22H,3,6-7,9,11-12H2;3H2,1-2H3;2*1-2H3. The first-order valence-corrected chi connectivity index (χ1v) is 12.4. The van der Waals surface area contributed by atoms with Crippen molar-refractivity contribution in [3.8, 4) is 5.75 Å². The number of ketones is 1. The maximum absolute atomic E-state index is 13.5. The molecule has 2 bridgehead atoms. The van der Waals surface area contributed by atoms with Crippen LogP contribution in [0.1, 0.15) is 96.8 Å². The Bertz CT molecular complexity index is 824. The summed E-state index contributed by atoms with van der Waals surface area (Å²) in [6, 6.07) is 11.6. The average molecular weight is 411 g/mol. The highest BCUT2D eigenvalue weighted by molar-refractivity contribution is 6.08. The number of carbonyl (C=O) groups excluding carboxylic acids is 1. The molecular weight excluding hydrogens is 368 g/mol. The molecule has 3 fully saturated rings. The van der Waals surface area contributed by atoms with Crippen molar-refractivity contribution >= 4 is 16.6 Å². The number of aromatic hydroxyl groups is 1. The van der Waals surface area contributed by atoms with Crippen LogP contribution in [0.2, 0.25) is 0 Å². The molecule has 0 heterocycles. The Balaban J connectivity index is 0.000000414. The van der Waals surface area contributed by atoms with E-state index >= 15 is 0 Å². The molecule has 166 valence electrons. The highest BCUT2D eigenvalue weighted by atomic mass is 16.3. The molecule has 0 aromatic heterocycles. The van der Waals surface area contributed by atoms with E-state index in [4.69, 9.17) is 0 Å². The van der Waals surface area contributed by atoms with Gasteiger partial charge < -0.3 is 5.11 Å². The Labute approximate surface area is 184 Å². The van der Waals surface area contributed by atoms with Crippen molar-refractivity contribution in [3.05, 3.63) is 42.0 Å². The topological polar surface area (TPSA) is 37.3 Å². The fraction of sp³-hybridized carbons (Fsp3) is 0.607. The summed E-state index contributed by atoms with van der Waals surface area (Å²) in [6.45, 7) is 12.2. The maximum Gasteiger partial charge on any atom is 0.173 e. The summed E-state index contributed by atoms with van der Waals surface area (Å²) in [5.41, 5.74) is 0.395. The van der Waals surface area contributed by atoms with Gasteiger partial charge in [-0.2, -0.15) is 0 Å². The van der Waals surface area contributed by atoms with E-state index in [9.17, 15) is 9.90 Å². The molecule has 0 saturated heterocycles. The van der Waals surface area contributed by atoms with Gasteiger partial charge >= 0.3 is 0 Å². The van der Waals surface area contributed by atoms with Gasteiger partial charge in [-0.1, -0.05) is 84.7 Å². The van der Waals surface area contributed by atoms with Crippen LogP contribution >= 0.6 is 0 Å². The third-order valence-electron chi connectivity index (χ3n) is 7.11. The number of phenols is 1. The van der Waals surface area contributed by atoms with Gasteiger partial charge in [-0.05, 0) is 61.3 Å². The molecule has 4 atom stereocenters. The van der Waals surface area contributed by atoms with E-state index in [1.165, 1.54) is 38.5 Å². The zero-order valence-electron chi connectivity index (χ0n) is 20.0. The number of rotatable bonds is 2. The number of phenolic OH excluding ortho intramolecular Hbond substituents is 1. The lowest BCUT2D eigenvalue weighted by Crippen LogP contribution is -2.40. The third-order valence-corrected chi connectivity index (χ3v) is 7.11. The van der Waals surface area contributed by atoms with Crippen molar-refractivity contribution in [1.82, 2.24) is 0 Å². The van der Waals surface area contributed by atoms with Gasteiger partial charge in [-0.25, -0.2) is 0 Å². The molecule has 2 heteroatoms. The molecule has 3 aliphatic carbocycles. The first kappa shape index (κ1) is 24.4. The minimum Gasteiger partial charge on any atom is -0.507 e. The SMILES string of the molecule is CC.CC.CCC.O=C(c1ccc2ccccc2c1O)C12CCCC1C1CCC2C1. The second kappa shape index (κ2) is 11.0. The Kier molecular flexibility index (Phi) is 8.94. The predicted molar refractivity (Wildman–Crippen MR) is 129 cm³/mol. The molecule has 5 rings (SSSR count). The van der Waals surface area contributed by atoms with E-state index in [0.29, 0.717) is 17.4 Å². The first-order valence-electron chi connectivity index (χ1n) is 12.4. The third kappa shape index (κ3) is 4.03. The predicted octanol–water partition coefficient (Wildman–Crippen LogP) is 8.41. The van der Waals surface area contributed by atoms with Crippen LogP contribution in [0.25, 0.3) is 10.8 Å². The number of hydrogen-bond acceptors (Lipinski definition) is 2. The molecular formula is C28H42O2. The maximum atomic E-state index is 13.5. The van der Waals surface area contributed by atoms with Gasteiger partial charge in [0.25, 0.3) is 0 Å². The van der Waals surface area contributed by atoms with Gasteiger partial charge in [0, 0.05) is 10.8 Å². The van der Waals surface area contributed by atoms with E-state index < -0.39 is 0 Å². The minimum absolute atomic E-state index is 0.164. The van der Waals surface area contributed by atoms with E-state index in [-0.39, 0.29) is 16.9 Å². The molecule has 0 radical (unpaired) electrons. The molecule has 2 aromatic carbocycles. The van der Waals surface area contributed by atoms with Gasteiger partial charge in [0.15, 0.2) is 5.78 Å². The molecule has 1 N–H and O–H groups in total. The monoisotopic (exact) mass is 410 g/mol. The Morgan fingerprint density at radius 3 is 2.37 bits per heavy atom. The van der Waals surface area contributed by atoms with Gasteiger partial charge in [-0.15, -0.1) is 0 Å². The lowest BCUT2D eigenvalue weighted by atomic mass is 9.64. The normalized spacial score (nSPS) is 27.7. The molecule has 4 unspecified atom stereocenters. The van der Waals surface area contributed by atoms with Gasteiger partial charge in [0.05, 0.1) is 5.56 Å². The van der Waals surface area contributed by atoms with Crippen molar-refractivity contribution in [3.63, 3.8) is 0 Å². The first-order chi connectivity index (χ1) is 14.6. The van der Waals surface area contributed by atoms with Crippen molar-refractivity contribution in [2.24, 2.45) is 23.2 Å². The number of fused-ring (bicyclic) bond motifs is 6. The fourth-order valence-corrected chi connectivity index (χ4v) is 6.23. The van der Waals surface area contributed by atoms with Crippen LogP contribution in [-0.2, 0) is 0 Å². The van der Waals surface area contributed by atoms with E-state index in [1.54, 1.807) is 0 Å². The zero-order chi connectivity index (χ0) is 22.3. The van der Waals surface area contributed by atoms with Crippen LogP contribution in [0.3, 0.4) is 0 Å². The number of Topliss-reactive ketones (excluding diaryl/α,β-unsaturated/α-hetero) is 1. The number of benzene rings is 2. The average Bonchev–Trinajstić information content (AvgIpc) is 3.51. The Morgan fingerprint density at radius 1 is 1.00 bits per heavy atom. The van der Waals surface area contributed by atoms with Crippen molar-refractivity contribution in [1.29, 1.82) is 0 Å². The highest BCUT2D eigenvalue weighted by Crippen LogP contribution is 2.67. The highest BCUT2D eigenvalue weighted by Gasteiger charge is 2.63. The lowest BCUT2D eigenvalue weighted by molar-refractivity contribution is 0.0568. The van der Waals surface area contributed by atoms with Crippen molar-refractivity contribution in [2.45, 2.75) is 86.5 Å². The van der Waals surface area contributed by atoms with Crippen LogP contribution in [0, 0.1) is 23.2 Å². The molecule has 2 nitrogen and oxygen atoms in total. The fourth-order valence-electron chi connectivity index (χ4n) is 6.23. The lowest BCUT2D eigenvalue weighted by Gasteiger charge is -2.38. The minimum atomic E-state index is -0.164. The summed E-state index contributed by atoms with van der Waals surface area (Å²) in [6.07, 6.45) is 8.43. The number of carbonyl (C=O) groups is 1. The van der Waals surface area contributed by atoms with Crippen LogP contribution < -0.4 is 0 Å². The molecule has 3 aliphatic rings. The van der Waals surface area contributed by atoms with Crippen molar-refractivity contribution in [2.75, 3.05) is 0 Å². The molecule has 0 amide bonds. The van der Waals surface area contributed by atoms with Gasteiger partial charge in [-0.3, -0.25) is 4.79 Å².